The fourth-order valence-corrected chi connectivity index (χ4v) is 2.39. The van der Waals surface area contributed by atoms with Crippen molar-refractivity contribution < 1.29 is 0 Å². The molecule has 0 amide bonds. The van der Waals surface area contributed by atoms with Gasteiger partial charge < -0.3 is 5.32 Å². The zero-order valence-corrected chi connectivity index (χ0v) is 11.4. The van der Waals surface area contributed by atoms with E-state index in [2.05, 4.69) is 37.4 Å². The Balaban J connectivity index is 1.84. The fraction of sp³-hybridized carbons (Fsp3) is 0.786. The SMILES string of the molecule is CC(C)(C)n1cc(CNC2CCCCC2)cn1. The third-order valence-corrected chi connectivity index (χ3v) is 3.52. The van der Waals surface area contributed by atoms with Gasteiger partial charge in [-0.1, -0.05) is 19.3 Å². The highest BCUT2D eigenvalue weighted by molar-refractivity contribution is 5.05. The number of nitrogens with zero attached hydrogens (tertiary/aromatic N) is 2. The minimum absolute atomic E-state index is 0.0864. The molecule has 17 heavy (non-hydrogen) atoms. The Labute approximate surface area is 105 Å². The molecule has 0 bridgehead atoms. The molecule has 0 saturated heterocycles. The highest BCUT2D eigenvalue weighted by atomic mass is 15.3. The first kappa shape index (κ1) is 12.6. The normalized spacial score (nSPS) is 18.5. The summed E-state index contributed by atoms with van der Waals surface area (Å²) in [4.78, 5) is 0. The Hall–Kier alpha value is -0.830. The molecule has 1 heterocycles. The summed E-state index contributed by atoms with van der Waals surface area (Å²) in [7, 11) is 0. The van der Waals surface area contributed by atoms with Gasteiger partial charge in [-0.15, -0.1) is 0 Å². The van der Waals surface area contributed by atoms with Gasteiger partial charge >= 0.3 is 0 Å². The van der Waals surface area contributed by atoms with E-state index in [0.29, 0.717) is 0 Å². The zero-order valence-electron chi connectivity index (χ0n) is 11.4. The molecule has 96 valence electrons. The van der Waals surface area contributed by atoms with E-state index in [-0.39, 0.29) is 5.54 Å². The average molecular weight is 235 g/mol. The van der Waals surface area contributed by atoms with E-state index in [1.165, 1.54) is 37.7 Å². The molecule has 0 radical (unpaired) electrons. The molecule has 1 saturated carbocycles. The van der Waals surface area contributed by atoms with Gasteiger partial charge in [-0.25, -0.2) is 0 Å². The van der Waals surface area contributed by atoms with E-state index in [1.54, 1.807) is 0 Å². The fourth-order valence-electron chi connectivity index (χ4n) is 2.39. The van der Waals surface area contributed by atoms with E-state index in [4.69, 9.17) is 0 Å². The lowest BCUT2D eigenvalue weighted by Gasteiger charge is -2.22. The van der Waals surface area contributed by atoms with Crippen molar-refractivity contribution in [2.75, 3.05) is 0 Å². The molecular formula is C14H25N3. The lowest BCUT2D eigenvalue weighted by Crippen LogP contribution is -2.30. The summed E-state index contributed by atoms with van der Waals surface area (Å²) in [6.07, 6.45) is 11.0. The Kier molecular flexibility index (Phi) is 3.87. The molecule has 0 spiro atoms. The molecule has 0 unspecified atom stereocenters. The van der Waals surface area contributed by atoms with E-state index in [1.807, 2.05) is 10.9 Å². The Morgan fingerprint density at radius 3 is 2.59 bits per heavy atom. The third-order valence-electron chi connectivity index (χ3n) is 3.52. The molecule has 1 aliphatic rings. The lowest BCUT2D eigenvalue weighted by molar-refractivity contribution is 0.354. The molecule has 0 atom stereocenters. The molecule has 0 aromatic carbocycles. The van der Waals surface area contributed by atoms with Crippen LogP contribution in [0.25, 0.3) is 0 Å². The second-order valence-electron chi connectivity index (χ2n) is 6.18. The van der Waals surface area contributed by atoms with Crippen LogP contribution in [0.5, 0.6) is 0 Å². The maximum absolute atomic E-state index is 4.43. The van der Waals surface area contributed by atoms with Crippen molar-refractivity contribution in [3.63, 3.8) is 0 Å². The van der Waals surface area contributed by atoms with Gasteiger partial charge in [-0.3, -0.25) is 4.68 Å². The summed E-state index contributed by atoms with van der Waals surface area (Å²) in [5, 5.41) is 8.08. The Bertz CT molecular complexity index is 343. The van der Waals surface area contributed by atoms with Gasteiger partial charge in [-0.05, 0) is 33.6 Å². The first-order chi connectivity index (χ1) is 8.05. The Morgan fingerprint density at radius 2 is 2.00 bits per heavy atom. The van der Waals surface area contributed by atoms with Gasteiger partial charge in [0.1, 0.15) is 0 Å². The molecule has 3 nitrogen and oxygen atoms in total. The minimum atomic E-state index is 0.0864. The van der Waals surface area contributed by atoms with Gasteiger partial charge in [0, 0.05) is 24.3 Å². The summed E-state index contributed by atoms with van der Waals surface area (Å²) in [6.45, 7) is 7.50. The summed E-state index contributed by atoms with van der Waals surface area (Å²) >= 11 is 0. The van der Waals surface area contributed by atoms with Gasteiger partial charge in [0.05, 0.1) is 11.7 Å². The van der Waals surface area contributed by atoms with E-state index in [0.717, 1.165) is 12.6 Å². The predicted octanol–water partition coefficient (Wildman–Crippen LogP) is 3.06. The molecule has 1 aromatic heterocycles. The molecule has 3 heteroatoms. The summed E-state index contributed by atoms with van der Waals surface area (Å²) in [5.74, 6) is 0. The van der Waals surface area contributed by atoms with Crippen LogP contribution in [-0.4, -0.2) is 15.8 Å². The number of nitrogens with one attached hydrogen (secondary N) is 1. The number of rotatable bonds is 3. The van der Waals surface area contributed by atoms with Crippen LogP contribution in [0.2, 0.25) is 0 Å². The number of hydrogen-bond acceptors (Lipinski definition) is 2. The second kappa shape index (κ2) is 5.21. The van der Waals surface area contributed by atoms with Crippen LogP contribution in [0.4, 0.5) is 0 Å². The smallest absolute Gasteiger partial charge is 0.0543 e. The highest BCUT2D eigenvalue weighted by Gasteiger charge is 2.15. The van der Waals surface area contributed by atoms with Crippen molar-refractivity contribution in [1.29, 1.82) is 0 Å². The molecule has 1 N–H and O–H groups in total. The van der Waals surface area contributed by atoms with Crippen LogP contribution in [-0.2, 0) is 12.1 Å². The lowest BCUT2D eigenvalue weighted by atomic mass is 9.95. The number of hydrogen-bond donors (Lipinski definition) is 1. The summed E-state index contributed by atoms with van der Waals surface area (Å²) < 4.78 is 2.05. The molecule has 1 fully saturated rings. The van der Waals surface area contributed by atoms with Gasteiger partial charge in [-0.2, -0.15) is 5.10 Å². The first-order valence-electron chi connectivity index (χ1n) is 6.83. The Morgan fingerprint density at radius 1 is 1.29 bits per heavy atom. The summed E-state index contributed by atoms with van der Waals surface area (Å²) in [5.41, 5.74) is 1.38. The molecule has 1 aromatic rings. The van der Waals surface area contributed by atoms with Gasteiger partial charge in [0.2, 0.25) is 0 Å². The maximum atomic E-state index is 4.43. The molecule has 2 rings (SSSR count). The van der Waals surface area contributed by atoms with Crippen LogP contribution >= 0.6 is 0 Å². The van der Waals surface area contributed by atoms with Crippen LogP contribution in [0.1, 0.15) is 58.4 Å². The van der Waals surface area contributed by atoms with E-state index < -0.39 is 0 Å². The first-order valence-corrected chi connectivity index (χ1v) is 6.83. The van der Waals surface area contributed by atoms with Crippen LogP contribution in [0.3, 0.4) is 0 Å². The minimum Gasteiger partial charge on any atom is -0.310 e. The van der Waals surface area contributed by atoms with Crippen LogP contribution in [0, 0.1) is 0 Å². The van der Waals surface area contributed by atoms with Crippen LogP contribution < -0.4 is 5.32 Å². The monoisotopic (exact) mass is 235 g/mol. The van der Waals surface area contributed by atoms with Crippen LogP contribution in [0.15, 0.2) is 12.4 Å². The summed E-state index contributed by atoms with van der Waals surface area (Å²) in [6, 6.07) is 0.724. The van der Waals surface area contributed by atoms with Gasteiger partial charge in [0.15, 0.2) is 0 Å². The van der Waals surface area contributed by atoms with Crippen molar-refractivity contribution >= 4 is 0 Å². The van der Waals surface area contributed by atoms with E-state index >= 15 is 0 Å². The van der Waals surface area contributed by atoms with Crippen molar-refractivity contribution in [2.24, 2.45) is 0 Å². The highest BCUT2D eigenvalue weighted by Crippen LogP contribution is 2.18. The third kappa shape index (κ3) is 3.56. The van der Waals surface area contributed by atoms with E-state index in [9.17, 15) is 0 Å². The second-order valence-corrected chi connectivity index (χ2v) is 6.18. The average Bonchev–Trinajstić information content (AvgIpc) is 2.76. The predicted molar refractivity (Wildman–Crippen MR) is 70.9 cm³/mol. The quantitative estimate of drug-likeness (QED) is 0.872. The molecule has 0 aliphatic heterocycles. The number of aromatic nitrogens is 2. The largest absolute Gasteiger partial charge is 0.310 e. The van der Waals surface area contributed by atoms with Crippen molar-refractivity contribution in [3.05, 3.63) is 18.0 Å². The molecular weight excluding hydrogens is 210 g/mol. The van der Waals surface area contributed by atoms with Gasteiger partial charge in [0.25, 0.3) is 0 Å². The molecule has 1 aliphatic carbocycles. The van der Waals surface area contributed by atoms with Crippen molar-refractivity contribution in [3.8, 4) is 0 Å². The maximum Gasteiger partial charge on any atom is 0.0543 e. The van der Waals surface area contributed by atoms with Crippen molar-refractivity contribution in [2.45, 2.75) is 71.0 Å². The van der Waals surface area contributed by atoms with Crippen molar-refractivity contribution in [1.82, 2.24) is 15.1 Å². The topological polar surface area (TPSA) is 29.9 Å². The zero-order chi connectivity index (χ0) is 12.3. The standard InChI is InChI=1S/C14H25N3/c1-14(2,3)17-11-12(10-16-17)9-15-13-7-5-4-6-8-13/h10-11,13,15H,4-9H2,1-3H3.